The summed E-state index contributed by atoms with van der Waals surface area (Å²) in [4.78, 5) is 22.6. The maximum Gasteiger partial charge on any atom is 0.229 e. The maximum atomic E-state index is 14.2. The molecular formula is C37H41N9O. The molecule has 0 bridgehead atoms. The maximum absolute atomic E-state index is 14.2. The van der Waals surface area contributed by atoms with Crippen molar-refractivity contribution in [1.82, 2.24) is 30.1 Å². The molecule has 0 aliphatic carbocycles. The van der Waals surface area contributed by atoms with E-state index in [0.717, 1.165) is 47.5 Å². The highest BCUT2D eigenvalue weighted by atomic mass is 16.2. The van der Waals surface area contributed by atoms with Crippen LogP contribution in [0, 0.1) is 36.5 Å². The molecule has 0 unspecified atom stereocenters. The number of amides is 1. The van der Waals surface area contributed by atoms with E-state index in [1.54, 1.807) is 0 Å². The van der Waals surface area contributed by atoms with Gasteiger partial charge >= 0.3 is 0 Å². The lowest BCUT2D eigenvalue weighted by molar-refractivity contribution is -0.119. The molecule has 0 spiro atoms. The van der Waals surface area contributed by atoms with Crippen LogP contribution in [-0.2, 0) is 24.4 Å². The van der Waals surface area contributed by atoms with Crippen molar-refractivity contribution in [2.24, 2.45) is 0 Å². The molecule has 2 saturated heterocycles. The van der Waals surface area contributed by atoms with E-state index >= 15 is 0 Å². The van der Waals surface area contributed by atoms with Crippen LogP contribution in [0.2, 0.25) is 0 Å². The number of benzene rings is 3. The van der Waals surface area contributed by atoms with Crippen molar-refractivity contribution in [3.8, 4) is 12.1 Å². The zero-order chi connectivity index (χ0) is 32.8. The number of aromatic nitrogens is 3. The van der Waals surface area contributed by atoms with Crippen molar-refractivity contribution in [2.45, 2.75) is 59.2 Å². The zero-order valence-electron chi connectivity index (χ0n) is 27.2. The number of piperidine rings is 1. The summed E-state index contributed by atoms with van der Waals surface area (Å²) in [6.07, 6.45) is 3.97. The van der Waals surface area contributed by atoms with E-state index in [4.69, 9.17) is 0 Å². The van der Waals surface area contributed by atoms with E-state index in [2.05, 4.69) is 81.5 Å². The monoisotopic (exact) mass is 627 g/mol. The first kappa shape index (κ1) is 31.8. The summed E-state index contributed by atoms with van der Waals surface area (Å²) in [6, 6.07) is 24.8. The number of fused-ring (bicyclic) bond motifs is 1. The highest BCUT2D eigenvalue weighted by Crippen LogP contribution is 2.27. The number of allylic oxidation sites excluding steroid dienone is 1. The third-order valence-corrected chi connectivity index (χ3v) is 9.05. The third kappa shape index (κ3) is 7.62. The summed E-state index contributed by atoms with van der Waals surface area (Å²) in [6.45, 7) is 9.90. The Hall–Kier alpha value is -5.19. The normalized spacial score (nSPS) is 15.1. The van der Waals surface area contributed by atoms with Crippen molar-refractivity contribution in [3.63, 3.8) is 0 Å². The fraction of sp³-hybridized carbons (Fsp3) is 0.378. The van der Waals surface area contributed by atoms with Crippen LogP contribution in [0.1, 0.15) is 53.5 Å². The molecule has 4 aromatic rings. The molecule has 1 N–H and O–H groups in total. The number of carbonyl (C=O) groups is 1. The Morgan fingerprint density at radius 2 is 1.62 bits per heavy atom. The number of likely N-dealkylation sites (tertiary alicyclic amines) is 1. The van der Waals surface area contributed by atoms with Gasteiger partial charge in [-0.1, -0.05) is 59.2 Å². The van der Waals surface area contributed by atoms with E-state index in [9.17, 15) is 15.3 Å². The third-order valence-electron chi connectivity index (χ3n) is 9.05. The average molecular weight is 628 g/mol. The van der Waals surface area contributed by atoms with Gasteiger partial charge in [0.1, 0.15) is 23.5 Å². The van der Waals surface area contributed by atoms with Gasteiger partial charge in [0.2, 0.25) is 5.91 Å². The molecule has 3 heterocycles. The Morgan fingerprint density at radius 1 is 0.851 bits per heavy atom. The van der Waals surface area contributed by atoms with Crippen LogP contribution >= 0.6 is 0 Å². The number of aromatic amines is 1. The van der Waals surface area contributed by atoms with Crippen molar-refractivity contribution >= 4 is 22.6 Å². The molecule has 3 aromatic carbocycles. The van der Waals surface area contributed by atoms with Gasteiger partial charge in [0, 0.05) is 44.8 Å². The second-order valence-corrected chi connectivity index (χ2v) is 12.7. The molecule has 2 aliphatic heterocycles. The van der Waals surface area contributed by atoms with Crippen LogP contribution in [0.25, 0.3) is 11.0 Å². The Morgan fingerprint density at radius 3 is 2.38 bits per heavy atom. The molecule has 1 aromatic heterocycles. The Balaban J connectivity index is 1.23. The Labute approximate surface area is 276 Å². The first-order valence-corrected chi connectivity index (χ1v) is 16.4. The molecule has 47 heavy (non-hydrogen) atoms. The van der Waals surface area contributed by atoms with Gasteiger partial charge in [0.05, 0.1) is 12.1 Å². The molecular weight excluding hydrogens is 586 g/mol. The van der Waals surface area contributed by atoms with Crippen LogP contribution in [0.5, 0.6) is 0 Å². The fourth-order valence-corrected chi connectivity index (χ4v) is 6.90. The van der Waals surface area contributed by atoms with Gasteiger partial charge in [0.15, 0.2) is 5.57 Å². The molecule has 2 fully saturated rings. The van der Waals surface area contributed by atoms with Gasteiger partial charge in [-0.25, -0.2) is 0 Å². The summed E-state index contributed by atoms with van der Waals surface area (Å²) in [5.41, 5.74) is 8.16. The van der Waals surface area contributed by atoms with Crippen LogP contribution in [0.3, 0.4) is 0 Å². The van der Waals surface area contributed by atoms with E-state index in [1.165, 1.54) is 36.0 Å². The molecule has 0 atom stereocenters. The summed E-state index contributed by atoms with van der Waals surface area (Å²) in [5, 5.41) is 30.7. The molecule has 240 valence electrons. The lowest BCUT2D eigenvalue weighted by atomic mass is 10.1. The lowest BCUT2D eigenvalue weighted by Crippen LogP contribution is -2.34. The number of aryl methyl sites for hydroxylation is 2. The molecule has 0 saturated carbocycles. The summed E-state index contributed by atoms with van der Waals surface area (Å²) < 4.78 is 0. The number of hydrogen-bond donors (Lipinski definition) is 1. The lowest BCUT2D eigenvalue weighted by Gasteiger charge is -2.28. The number of hydrogen-bond acceptors (Lipinski definition) is 8. The van der Waals surface area contributed by atoms with E-state index in [1.807, 2.05) is 40.1 Å². The molecule has 1 amide bonds. The van der Waals surface area contributed by atoms with Gasteiger partial charge in [-0.05, 0) is 80.7 Å². The number of nitrogens with one attached hydrogen (secondary N) is 1. The fourth-order valence-electron chi connectivity index (χ4n) is 6.90. The Kier molecular flexibility index (Phi) is 9.80. The number of H-pyrrole nitrogens is 1. The van der Waals surface area contributed by atoms with Gasteiger partial charge in [-0.15, -0.1) is 5.10 Å². The number of nitrogens with zero attached hydrogens (tertiary/aromatic N) is 8. The van der Waals surface area contributed by atoms with Crippen molar-refractivity contribution in [1.29, 1.82) is 10.5 Å². The van der Waals surface area contributed by atoms with Crippen LogP contribution in [-0.4, -0.2) is 68.7 Å². The highest BCUT2D eigenvalue weighted by molar-refractivity contribution is 5.93. The van der Waals surface area contributed by atoms with E-state index in [-0.39, 0.29) is 17.9 Å². The SMILES string of the molecule is Cc1cc(C)cc(CN2CCN(CCC(=O)N(Cc3ccc4[nH]nnc4c3)c3cccc(CN4CCCCC4)c3)C2=C(C#N)C#N)c1. The van der Waals surface area contributed by atoms with Crippen LogP contribution in [0.15, 0.2) is 72.1 Å². The quantitative estimate of drug-likeness (QED) is 0.227. The first-order valence-electron chi connectivity index (χ1n) is 16.4. The molecule has 6 rings (SSSR count). The first-order chi connectivity index (χ1) is 22.9. The average Bonchev–Trinajstić information content (AvgIpc) is 3.70. The Bertz CT molecular complexity index is 1820. The summed E-state index contributed by atoms with van der Waals surface area (Å²) in [7, 11) is 0. The van der Waals surface area contributed by atoms with Gasteiger partial charge in [0.25, 0.3) is 0 Å². The summed E-state index contributed by atoms with van der Waals surface area (Å²) >= 11 is 0. The van der Waals surface area contributed by atoms with Crippen LogP contribution in [0.4, 0.5) is 5.69 Å². The van der Waals surface area contributed by atoms with E-state index < -0.39 is 0 Å². The highest BCUT2D eigenvalue weighted by Gasteiger charge is 2.30. The van der Waals surface area contributed by atoms with Crippen molar-refractivity contribution < 1.29 is 4.79 Å². The summed E-state index contributed by atoms with van der Waals surface area (Å²) in [5.74, 6) is 0.580. The minimum Gasteiger partial charge on any atom is -0.354 e. The van der Waals surface area contributed by atoms with Crippen LogP contribution < -0.4 is 4.90 Å². The molecule has 10 nitrogen and oxygen atoms in total. The van der Waals surface area contributed by atoms with Gasteiger partial charge in [-0.3, -0.25) is 14.8 Å². The van der Waals surface area contributed by atoms with Crippen molar-refractivity contribution in [2.75, 3.05) is 37.6 Å². The molecule has 0 radical (unpaired) electrons. The molecule has 10 heteroatoms. The topological polar surface area (TPSA) is 119 Å². The second kappa shape index (κ2) is 14.5. The molecule has 2 aliphatic rings. The number of rotatable bonds is 10. The van der Waals surface area contributed by atoms with E-state index in [0.29, 0.717) is 38.5 Å². The van der Waals surface area contributed by atoms with Gasteiger partial charge < -0.3 is 14.7 Å². The zero-order valence-corrected chi connectivity index (χ0v) is 27.2. The minimum absolute atomic E-state index is 0.0250. The number of carbonyl (C=O) groups excluding carboxylic acids is 1. The van der Waals surface area contributed by atoms with Gasteiger partial charge in [-0.2, -0.15) is 10.5 Å². The largest absolute Gasteiger partial charge is 0.354 e. The predicted molar refractivity (Wildman–Crippen MR) is 181 cm³/mol. The number of nitriles is 2. The van der Waals surface area contributed by atoms with Crippen molar-refractivity contribution in [3.05, 3.63) is 99.9 Å². The number of anilines is 1. The minimum atomic E-state index is -0.0250. The smallest absolute Gasteiger partial charge is 0.229 e. The standard InChI is InChI=1S/C37H41N9O/c1-27-17-28(2)19-31(18-27)25-45-16-15-44(37(45)32(22-38)23-39)14-11-36(47)46(26-30-9-10-34-35(21-30)41-42-40-34)33-8-6-7-29(20-33)24-43-12-4-3-5-13-43/h6-10,17-21H,3-5,11-16,24-26H2,1-2H3,(H,40,41,42). The second-order valence-electron chi connectivity index (χ2n) is 12.7. The predicted octanol–water partition coefficient (Wildman–Crippen LogP) is 5.56.